The number of rotatable bonds is 8. The molecule has 0 saturated heterocycles. The van der Waals surface area contributed by atoms with E-state index in [9.17, 15) is 35.9 Å². The van der Waals surface area contributed by atoms with E-state index in [1.54, 1.807) is 0 Å². The fourth-order valence-electron chi connectivity index (χ4n) is 3.00. The fourth-order valence-corrected chi connectivity index (χ4v) is 4.68. The summed E-state index contributed by atoms with van der Waals surface area (Å²) in [6.07, 6.45) is -3.55. The number of phenols is 1. The highest BCUT2D eigenvalue weighted by molar-refractivity contribution is 7.99. The molecular weight excluding hydrogens is 510 g/mol. The summed E-state index contributed by atoms with van der Waals surface area (Å²) >= 11 is 1.32. The zero-order valence-electron chi connectivity index (χ0n) is 18.1. The molecule has 0 atom stereocenters. The van der Waals surface area contributed by atoms with Crippen LogP contribution in [0.15, 0.2) is 70.5 Å². The molecule has 0 aliphatic carbocycles. The molecule has 0 fully saturated rings. The van der Waals surface area contributed by atoms with Crippen molar-refractivity contribution in [2.75, 3.05) is 17.3 Å². The Morgan fingerprint density at radius 1 is 1.06 bits per heavy atom. The van der Waals surface area contributed by atoms with Crippen LogP contribution < -0.4 is 10.1 Å². The van der Waals surface area contributed by atoms with Crippen LogP contribution in [0.4, 0.5) is 23.2 Å². The highest BCUT2D eigenvalue weighted by Gasteiger charge is 2.30. The second-order valence-corrected chi connectivity index (χ2v) is 10.5. The second-order valence-electron chi connectivity index (χ2n) is 7.33. The predicted molar refractivity (Wildman–Crippen MR) is 123 cm³/mol. The first kappa shape index (κ1) is 26.4. The van der Waals surface area contributed by atoms with Crippen LogP contribution in [-0.2, 0) is 16.3 Å². The van der Waals surface area contributed by atoms with Crippen molar-refractivity contribution >= 4 is 33.2 Å². The number of halogens is 4. The standard InChI is InChI=1S/C23H19F4NO5S2/c1-35(31,32)21-13-16(4-9-20(21)29)28-22(30)15-3-2-14(19(24)12-15)10-11-34-18-7-5-17(6-8-18)33-23(25,26)27/h2-9,12-13,29H,10-11H2,1H3,(H,28,30). The van der Waals surface area contributed by atoms with Crippen molar-refractivity contribution in [1.82, 2.24) is 0 Å². The Bertz CT molecular complexity index is 1330. The molecule has 35 heavy (non-hydrogen) atoms. The number of aromatic hydroxyl groups is 1. The van der Waals surface area contributed by atoms with Gasteiger partial charge in [-0.25, -0.2) is 12.8 Å². The van der Waals surface area contributed by atoms with Gasteiger partial charge in [0.1, 0.15) is 22.2 Å². The monoisotopic (exact) mass is 529 g/mol. The number of anilines is 1. The first-order valence-electron chi connectivity index (χ1n) is 9.93. The molecule has 0 unspecified atom stereocenters. The number of thioether (sulfide) groups is 1. The number of ether oxygens (including phenoxy) is 1. The molecule has 3 rings (SSSR count). The van der Waals surface area contributed by atoms with Gasteiger partial charge in [0, 0.05) is 28.2 Å². The van der Waals surface area contributed by atoms with Gasteiger partial charge in [-0.3, -0.25) is 4.79 Å². The maximum Gasteiger partial charge on any atom is 0.573 e. The SMILES string of the molecule is CS(=O)(=O)c1cc(NC(=O)c2ccc(CCSc3ccc(OC(F)(F)F)cc3)c(F)c2)ccc1O. The van der Waals surface area contributed by atoms with Crippen molar-refractivity contribution in [2.24, 2.45) is 0 Å². The minimum Gasteiger partial charge on any atom is -0.507 e. The van der Waals surface area contributed by atoms with Gasteiger partial charge in [0.2, 0.25) is 0 Å². The van der Waals surface area contributed by atoms with Crippen LogP contribution in [0.2, 0.25) is 0 Å². The average Bonchev–Trinajstić information content (AvgIpc) is 2.75. The Labute approximate surface area is 202 Å². The van der Waals surface area contributed by atoms with Gasteiger partial charge < -0.3 is 15.2 Å². The summed E-state index contributed by atoms with van der Waals surface area (Å²) in [5.74, 6) is -1.64. The molecule has 0 bridgehead atoms. The molecule has 0 heterocycles. The van der Waals surface area contributed by atoms with Gasteiger partial charge in [-0.15, -0.1) is 24.9 Å². The van der Waals surface area contributed by atoms with E-state index in [1.165, 1.54) is 54.2 Å². The van der Waals surface area contributed by atoms with Crippen LogP contribution in [0.1, 0.15) is 15.9 Å². The lowest BCUT2D eigenvalue weighted by Gasteiger charge is -2.10. The Kier molecular flexibility index (Phi) is 7.96. The highest BCUT2D eigenvalue weighted by atomic mass is 32.2. The molecule has 0 aliphatic heterocycles. The van der Waals surface area contributed by atoms with Crippen LogP contribution >= 0.6 is 11.8 Å². The number of carbonyl (C=O) groups is 1. The van der Waals surface area contributed by atoms with Gasteiger partial charge in [-0.2, -0.15) is 0 Å². The molecule has 0 spiro atoms. The first-order chi connectivity index (χ1) is 16.3. The smallest absolute Gasteiger partial charge is 0.507 e. The van der Waals surface area contributed by atoms with Crippen LogP contribution in [0, 0.1) is 5.82 Å². The van der Waals surface area contributed by atoms with Crippen LogP contribution in [0.3, 0.4) is 0 Å². The molecule has 12 heteroatoms. The molecule has 3 aromatic carbocycles. The number of nitrogens with one attached hydrogen (secondary N) is 1. The molecule has 2 N–H and O–H groups in total. The summed E-state index contributed by atoms with van der Waals surface area (Å²) in [5.41, 5.74) is 0.462. The molecule has 0 aliphatic rings. The zero-order valence-corrected chi connectivity index (χ0v) is 19.7. The Hall–Kier alpha value is -3.25. The van der Waals surface area contributed by atoms with Gasteiger partial charge in [0.15, 0.2) is 9.84 Å². The lowest BCUT2D eigenvalue weighted by atomic mass is 10.1. The van der Waals surface area contributed by atoms with Gasteiger partial charge in [0.25, 0.3) is 5.91 Å². The third-order valence-corrected chi connectivity index (χ3v) is 6.77. The highest BCUT2D eigenvalue weighted by Crippen LogP contribution is 2.28. The van der Waals surface area contributed by atoms with E-state index in [-0.39, 0.29) is 21.9 Å². The van der Waals surface area contributed by atoms with Gasteiger partial charge in [-0.1, -0.05) is 6.07 Å². The third-order valence-electron chi connectivity index (χ3n) is 4.63. The third kappa shape index (κ3) is 7.62. The lowest BCUT2D eigenvalue weighted by Crippen LogP contribution is -2.16. The number of hydrogen-bond donors (Lipinski definition) is 2. The summed E-state index contributed by atoms with van der Waals surface area (Å²) in [5, 5.41) is 12.2. The molecule has 0 aromatic heterocycles. The second kappa shape index (κ2) is 10.6. The van der Waals surface area contributed by atoms with Crippen LogP contribution in [0.25, 0.3) is 0 Å². The van der Waals surface area contributed by atoms with Crippen molar-refractivity contribution in [1.29, 1.82) is 0 Å². The van der Waals surface area contributed by atoms with E-state index < -0.39 is 33.7 Å². The zero-order chi connectivity index (χ0) is 25.8. The number of benzene rings is 3. The quantitative estimate of drug-likeness (QED) is 0.230. The van der Waals surface area contributed by atoms with Gasteiger partial charge >= 0.3 is 6.36 Å². The van der Waals surface area contributed by atoms with E-state index in [0.29, 0.717) is 22.6 Å². The molecule has 1 amide bonds. The van der Waals surface area contributed by atoms with Gasteiger partial charge in [-0.05, 0) is 66.6 Å². The van der Waals surface area contributed by atoms with E-state index in [4.69, 9.17) is 0 Å². The summed E-state index contributed by atoms with van der Waals surface area (Å²) in [7, 11) is -3.72. The Morgan fingerprint density at radius 3 is 2.34 bits per heavy atom. The summed E-state index contributed by atoms with van der Waals surface area (Å²) in [4.78, 5) is 12.8. The lowest BCUT2D eigenvalue weighted by molar-refractivity contribution is -0.274. The maximum atomic E-state index is 14.5. The maximum absolute atomic E-state index is 14.5. The number of aryl methyl sites for hydroxylation is 1. The van der Waals surface area contributed by atoms with E-state index in [1.807, 2.05) is 0 Å². The Balaban J connectivity index is 1.59. The van der Waals surface area contributed by atoms with Crippen molar-refractivity contribution in [3.63, 3.8) is 0 Å². The van der Waals surface area contributed by atoms with Crippen LogP contribution in [0.5, 0.6) is 11.5 Å². The molecule has 3 aromatic rings. The minimum atomic E-state index is -4.77. The fraction of sp³-hybridized carbons (Fsp3) is 0.174. The van der Waals surface area contributed by atoms with Crippen molar-refractivity contribution in [3.8, 4) is 11.5 Å². The normalized spacial score (nSPS) is 11.8. The number of alkyl halides is 3. The van der Waals surface area contributed by atoms with Crippen LogP contribution in [-0.4, -0.2) is 37.8 Å². The number of phenolic OH excluding ortho intramolecular Hbond substituents is 1. The van der Waals surface area contributed by atoms with Gasteiger partial charge in [0.05, 0.1) is 0 Å². The molecular formula is C23H19F4NO5S2. The average molecular weight is 530 g/mol. The predicted octanol–water partition coefficient (Wildman–Crippen LogP) is 5.42. The van der Waals surface area contributed by atoms with Crippen molar-refractivity contribution in [2.45, 2.75) is 22.6 Å². The largest absolute Gasteiger partial charge is 0.573 e. The molecule has 6 nitrogen and oxygen atoms in total. The summed E-state index contributed by atoms with van der Waals surface area (Å²) in [6.45, 7) is 0. The Morgan fingerprint density at radius 2 is 1.74 bits per heavy atom. The molecule has 0 radical (unpaired) electrons. The number of carbonyl (C=O) groups excluding carboxylic acids is 1. The molecule has 186 valence electrons. The first-order valence-corrected chi connectivity index (χ1v) is 12.8. The summed E-state index contributed by atoms with van der Waals surface area (Å²) in [6, 6.07) is 12.8. The topological polar surface area (TPSA) is 92.7 Å². The van der Waals surface area contributed by atoms with E-state index in [0.717, 1.165) is 24.5 Å². The number of amides is 1. The number of sulfone groups is 1. The number of hydrogen-bond acceptors (Lipinski definition) is 6. The summed E-state index contributed by atoms with van der Waals surface area (Å²) < 4.78 is 78.4. The minimum absolute atomic E-state index is 0.00753. The van der Waals surface area contributed by atoms with E-state index >= 15 is 0 Å². The van der Waals surface area contributed by atoms with Crippen molar-refractivity contribution in [3.05, 3.63) is 77.6 Å². The molecule has 0 saturated carbocycles. The van der Waals surface area contributed by atoms with Crippen molar-refractivity contribution < 1.29 is 40.6 Å². The van der Waals surface area contributed by atoms with E-state index in [2.05, 4.69) is 10.1 Å².